The molecule has 0 unspecified atom stereocenters. The Bertz CT molecular complexity index is 541. The average Bonchev–Trinajstić information content (AvgIpc) is 2.58. The molecule has 26 heavy (non-hydrogen) atoms. The summed E-state index contributed by atoms with van der Waals surface area (Å²) < 4.78 is 20.8. The van der Waals surface area contributed by atoms with Gasteiger partial charge in [-0.3, -0.25) is 0 Å². The van der Waals surface area contributed by atoms with E-state index in [0.29, 0.717) is 26.2 Å². The molecule has 0 heterocycles. The number of rotatable bonds is 10. The van der Waals surface area contributed by atoms with E-state index < -0.39 is 23.7 Å². The Labute approximate surface area is 155 Å². The number of benzene rings is 1. The third-order valence-electron chi connectivity index (χ3n) is 3.15. The van der Waals surface area contributed by atoms with E-state index in [4.69, 9.17) is 14.2 Å². The lowest BCUT2D eigenvalue weighted by atomic mass is 10.2. The molecular weight excluding hydrogens is 338 g/mol. The van der Waals surface area contributed by atoms with E-state index in [2.05, 4.69) is 10.1 Å². The summed E-state index contributed by atoms with van der Waals surface area (Å²) in [5.74, 6) is -0.587. The molecular formula is C19H29NO6. The molecule has 1 aromatic rings. The van der Waals surface area contributed by atoms with Crippen LogP contribution in [0, 0.1) is 0 Å². The van der Waals surface area contributed by atoms with Gasteiger partial charge in [-0.05, 0) is 32.8 Å². The summed E-state index contributed by atoms with van der Waals surface area (Å²) in [5, 5.41) is 2.46. The molecule has 0 radical (unpaired) electrons. The fourth-order valence-corrected chi connectivity index (χ4v) is 1.99. The number of esters is 1. The van der Waals surface area contributed by atoms with Crippen LogP contribution in [0.2, 0.25) is 0 Å². The van der Waals surface area contributed by atoms with Crippen LogP contribution in [0.4, 0.5) is 4.79 Å². The Hall–Kier alpha value is -2.12. The number of hydrogen-bond donors (Lipinski definition) is 1. The first-order valence-corrected chi connectivity index (χ1v) is 8.58. The van der Waals surface area contributed by atoms with Gasteiger partial charge in [-0.15, -0.1) is 0 Å². The Morgan fingerprint density at radius 1 is 1.08 bits per heavy atom. The molecule has 0 aromatic heterocycles. The summed E-state index contributed by atoms with van der Waals surface area (Å²) in [5.41, 5.74) is 0.461. The van der Waals surface area contributed by atoms with Crippen molar-refractivity contribution in [3.8, 4) is 0 Å². The summed E-state index contributed by atoms with van der Waals surface area (Å²) in [6.45, 7) is 6.72. The molecule has 7 heteroatoms. The van der Waals surface area contributed by atoms with Gasteiger partial charge < -0.3 is 24.3 Å². The zero-order valence-electron chi connectivity index (χ0n) is 15.9. The van der Waals surface area contributed by atoms with E-state index in [1.54, 1.807) is 20.8 Å². The van der Waals surface area contributed by atoms with Gasteiger partial charge in [0, 0.05) is 13.2 Å². The lowest BCUT2D eigenvalue weighted by molar-refractivity contribution is -0.144. The van der Waals surface area contributed by atoms with Crippen molar-refractivity contribution in [2.75, 3.05) is 26.9 Å². The SMILES string of the molecule is COC(=O)[C@H](COCCCOCc1ccccc1)NC(=O)OC(C)(C)C. The molecule has 0 saturated carbocycles. The van der Waals surface area contributed by atoms with E-state index in [0.717, 1.165) is 5.56 Å². The first-order chi connectivity index (χ1) is 12.3. The highest BCUT2D eigenvalue weighted by atomic mass is 16.6. The Morgan fingerprint density at radius 2 is 1.73 bits per heavy atom. The lowest BCUT2D eigenvalue weighted by Gasteiger charge is -2.22. The topological polar surface area (TPSA) is 83.1 Å². The molecule has 1 amide bonds. The fraction of sp³-hybridized carbons (Fsp3) is 0.579. The lowest BCUT2D eigenvalue weighted by Crippen LogP contribution is -2.46. The molecule has 1 N–H and O–H groups in total. The number of ether oxygens (including phenoxy) is 4. The van der Waals surface area contributed by atoms with E-state index in [-0.39, 0.29) is 6.61 Å². The van der Waals surface area contributed by atoms with Crippen molar-refractivity contribution < 1.29 is 28.5 Å². The second kappa shape index (κ2) is 11.5. The molecule has 0 aliphatic rings. The fourth-order valence-electron chi connectivity index (χ4n) is 1.99. The molecule has 0 saturated heterocycles. The van der Waals surface area contributed by atoms with Crippen molar-refractivity contribution in [3.05, 3.63) is 35.9 Å². The third-order valence-corrected chi connectivity index (χ3v) is 3.15. The zero-order chi connectivity index (χ0) is 19.4. The molecule has 0 fully saturated rings. The number of nitrogens with one attached hydrogen (secondary N) is 1. The second-order valence-corrected chi connectivity index (χ2v) is 6.69. The minimum Gasteiger partial charge on any atom is -0.467 e. The van der Waals surface area contributed by atoms with Crippen LogP contribution >= 0.6 is 0 Å². The maximum absolute atomic E-state index is 11.8. The maximum atomic E-state index is 11.8. The highest BCUT2D eigenvalue weighted by Gasteiger charge is 2.25. The van der Waals surface area contributed by atoms with Gasteiger partial charge >= 0.3 is 12.1 Å². The largest absolute Gasteiger partial charge is 0.467 e. The molecule has 7 nitrogen and oxygen atoms in total. The van der Waals surface area contributed by atoms with Gasteiger partial charge in [-0.1, -0.05) is 30.3 Å². The summed E-state index contributed by atoms with van der Waals surface area (Å²) in [6.07, 6.45) is -0.0182. The van der Waals surface area contributed by atoms with Crippen molar-refractivity contribution in [2.45, 2.75) is 45.4 Å². The van der Waals surface area contributed by atoms with Gasteiger partial charge in [0.1, 0.15) is 5.60 Å². The number of carbonyl (C=O) groups is 2. The minimum atomic E-state index is -0.917. The van der Waals surface area contributed by atoms with E-state index >= 15 is 0 Å². The molecule has 1 aromatic carbocycles. The number of hydrogen-bond acceptors (Lipinski definition) is 6. The molecule has 0 aliphatic carbocycles. The van der Waals surface area contributed by atoms with Gasteiger partial charge in [0.25, 0.3) is 0 Å². The van der Waals surface area contributed by atoms with Crippen molar-refractivity contribution >= 4 is 12.1 Å². The van der Waals surface area contributed by atoms with Gasteiger partial charge in [0.2, 0.25) is 0 Å². The van der Waals surface area contributed by atoms with Crippen LogP contribution in [-0.4, -0.2) is 50.6 Å². The maximum Gasteiger partial charge on any atom is 0.408 e. The first-order valence-electron chi connectivity index (χ1n) is 8.58. The van der Waals surface area contributed by atoms with Crippen LogP contribution in [0.25, 0.3) is 0 Å². The van der Waals surface area contributed by atoms with Crippen molar-refractivity contribution in [1.29, 1.82) is 0 Å². The Morgan fingerprint density at radius 3 is 2.35 bits per heavy atom. The van der Waals surface area contributed by atoms with E-state index in [9.17, 15) is 9.59 Å². The Kier molecular flexibility index (Phi) is 9.69. The van der Waals surface area contributed by atoms with E-state index in [1.807, 2.05) is 30.3 Å². The molecule has 0 bridgehead atoms. The predicted octanol–water partition coefficient (Wildman–Crippen LogP) is 2.68. The van der Waals surface area contributed by atoms with Gasteiger partial charge in [-0.2, -0.15) is 0 Å². The Balaban J connectivity index is 2.23. The van der Waals surface area contributed by atoms with E-state index in [1.165, 1.54) is 7.11 Å². The molecule has 0 spiro atoms. The first kappa shape index (κ1) is 21.9. The molecule has 0 aliphatic heterocycles. The van der Waals surface area contributed by atoms with Gasteiger partial charge in [0.15, 0.2) is 6.04 Å². The zero-order valence-corrected chi connectivity index (χ0v) is 15.9. The third kappa shape index (κ3) is 10.0. The van der Waals surface area contributed by atoms with Crippen LogP contribution < -0.4 is 5.32 Å². The van der Waals surface area contributed by atoms with Crippen molar-refractivity contribution in [3.63, 3.8) is 0 Å². The second-order valence-electron chi connectivity index (χ2n) is 6.69. The number of amides is 1. The average molecular weight is 367 g/mol. The number of methoxy groups -OCH3 is 1. The standard InChI is InChI=1S/C19H29NO6/c1-19(2,3)26-18(22)20-16(17(21)23-4)14-25-12-8-11-24-13-15-9-6-5-7-10-15/h5-7,9-10,16H,8,11-14H2,1-4H3,(H,20,22)/t16-/m0/s1. The van der Waals surface area contributed by atoms with Crippen molar-refractivity contribution in [2.24, 2.45) is 0 Å². The van der Waals surface area contributed by atoms with Gasteiger partial charge in [-0.25, -0.2) is 9.59 Å². The van der Waals surface area contributed by atoms with Crippen molar-refractivity contribution in [1.82, 2.24) is 5.32 Å². The highest BCUT2D eigenvalue weighted by molar-refractivity contribution is 5.81. The van der Waals surface area contributed by atoms with Crippen LogP contribution in [0.3, 0.4) is 0 Å². The highest BCUT2D eigenvalue weighted by Crippen LogP contribution is 2.07. The van der Waals surface area contributed by atoms with Crippen LogP contribution in [0.1, 0.15) is 32.8 Å². The predicted molar refractivity (Wildman–Crippen MR) is 96.7 cm³/mol. The minimum absolute atomic E-state index is 0.00456. The van der Waals surface area contributed by atoms with Crippen LogP contribution in [0.15, 0.2) is 30.3 Å². The van der Waals surface area contributed by atoms with Crippen LogP contribution in [-0.2, 0) is 30.3 Å². The number of alkyl carbamates (subject to hydrolysis) is 1. The summed E-state index contributed by atoms with van der Waals surface area (Å²) in [6, 6.07) is 8.97. The molecule has 146 valence electrons. The quantitative estimate of drug-likeness (QED) is 0.506. The summed E-state index contributed by atoms with van der Waals surface area (Å²) in [7, 11) is 1.25. The normalized spacial score (nSPS) is 12.3. The monoisotopic (exact) mass is 367 g/mol. The summed E-state index contributed by atoms with van der Waals surface area (Å²) in [4.78, 5) is 23.5. The number of carbonyl (C=O) groups excluding carboxylic acids is 2. The molecule has 1 atom stereocenters. The summed E-state index contributed by atoms with van der Waals surface area (Å²) >= 11 is 0. The smallest absolute Gasteiger partial charge is 0.408 e. The van der Waals surface area contributed by atoms with Gasteiger partial charge in [0.05, 0.1) is 20.3 Å². The molecule has 1 rings (SSSR count). The van der Waals surface area contributed by atoms with Crippen LogP contribution in [0.5, 0.6) is 0 Å².